The van der Waals surface area contributed by atoms with E-state index < -0.39 is 0 Å². The quantitative estimate of drug-likeness (QED) is 0.498. The highest BCUT2D eigenvalue weighted by Crippen LogP contribution is 2.37. The summed E-state index contributed by atoms with van der Waals surface area (Å²) >= 11 is 0. The molecule has 0 heterocycles. The number of hydrogen-bond donors (Lipinski definition) is 1. The van der Waals surface area contributed by atoms with Gasteiger partial charge in [-0.25, -0.2) is 0 Å². The fraction of sp³-hybridized carbons (Fsp3) is 0.130. The van der Waals surface area contributed by atoms with E-state index in [0.29, 0.717) is 0 Å². The molecule has 0 bridgehead atoms. The molecule has 24 heavy (non-hydrogen) atoms. The van der Waals surface area contributed by atoms with Crippen molar-refractivity contribution in [2.75, 3.05) is 0 Å². The molecule has 0 radical (unpaired) electrons. The van der Waals surface area contributed by atoms with E-state index in [0.717, 1.165) is 16.5 Å². The molecule has 1 heteroatoms. The molecule has 0 fully saturated rings. The van der Waals surface area contributed by atoms with Gasteiger partial charge in [0.15, 0.2) is 0 Å². The average molecular weight is 312 g/mol. The zero-order valence-corrected chi connectivity index (χ0v) is 14.0. The fourth-order valence-electron chi connectivity index (χ4n) is 3.86. The van der Waals surface area contributed by atoms with Gasteiger partial charge >= 0.3 is 0 Å². The SMILES string of the molecule is Cc1cc2ccccc2c(C)c1-c1ccc2ccccc2c1CO. The molecule has 0 saturated heterocycles. The monoisotopic (exact) mass is 312 g/mol. The van der Waals surface area contributed by atoms with E-state index in [1.807, 2.05) is 12.1 Å². The lowest BCUT2D eigenvalue weighted by Gasteiger charge is -2.18. The smallest absolute Gasteiger partial charge is 0.0693 e. The van der Waals surface area contributed by atoms with Gasteiger partial charge in [0.25, 0.3) is 0 Å². The van der Waals surface area contributed by atoms with Crippen LogP contribution in [0.5, 0.6) is 0 Å². The van der Waals surface area contributed by atoms with Crippen LogP contribution in [0.2, 0.25) is 0 Å². The zero-order chi connectivity index (χ0) is 16.7. The minimum atomic E-state index is 0.0440. The molecule has 0 spiro atoms. The Bertz CT molecular complexity index is 1060. The summed E-state index contributed by atoms with van der Waals surface area (Å²) in [5.41, 5.74) is 5.90. The van der Waals surface area contributed by atoms with Gasteiger partial charge in [0, 0.05) is 0 Å². The number of benzene rings is 4. The summed E-state index contributed by atoms with van der Waals surface area (Å²) in [6.45, 7) is 4.38. The van der Waals surface area contributed by atoms with Crippen LogP contribution < -0.4 is 0 Å². The van der Waals surface area contributed by atoms with Crippen molar-refractivity contribution >= 4 is 21.5 Å². The molecule has 0 aliphatic rings. The first kappa shape index (κ1) is 14.9. The maximum atomic E-state index is 10.1. The molecule has 0 saturated carbocycles. The topological polar surface area (TPSA) is 20.2 Å². The number of aliphatic hydroxyl groups is 1. The number of rotatable bonds is 2. The minimum absolute atomic E-state index is 0.0440. The largest absolute Gasteiger partial charge is 0.392 e. The van der Waals surface area contributed by atoms with E-state index >= 15 is 0 Å². The van der Waals surface area contributed by atoms with E-state index in [-0.39, 0.29) is 6.61 Å². The van der Waals surface area contributed by atoms with E-state index in [4.69, 9.17) is 0 Å². The van der Waals surface area contributed by atoms with Gasteiger partial charge < -0.3 is 5.11 Å². The van der Waals surface area contributed by atoms with Gasteiger partial charge in [0.1, 0.15) is 0 Å². The maximum absolute atomic E-state index is 10.1. The Kier molecular flexibility index (Phi) is 3.59. The van der Waals surface area contributed by atoms with Crippen molar-refractivity contribution in [2.24, 2.45) is 0 Å². The van der Waals surface area contributed by atoms with Gasteiger partial charge in [-0.1, -0.05) is 66.7 Å². The van der Waals surface area contributed by atoms with Gasteiger partial charge in [-0.05, 0) is 63.2 Å². The van der Waals surface area contributed by atoms with Crippen molar-refractivity contribution in [1.82, 2.24) is 0 Å². The summed E-state index contributed by atoms with van der Waals surface area (Å²) in [6, 6.07) is 23.3. The van der Waals surface area contributed by atoms with Crippen LogP contribution in [0.3, 0.4) is 0 Å². The summed E-state index contributed by atoms with van der Waals surface area (Å²) in [5, 5.41) is 14.9. The molecule has 4 rings (SSSR count). The first-order valence-electron chi connectivity index (χ1n) is 8.31. The number of fused-ring (bicyclic) bond motifs is 2. The molecule has 4 aromatic rings. The van der Waals surface area contributed by atoms with Crippen LogP contribution in [0, 0.1) is 13.8 Å². The van der Waals surface area contributed by atoms with Crippen LogP contribution in [-0.2, 0) is 6.61 Å². The standard InChI is InChI=1S/C23H20O/c1-15-13-18-8-4-5-9-19(18)16(2)23(15)21-12-11-17-7-3-6-10-20(17)22(21)14-24/h3-13,24H,14H2,1-2H3. The molecule has 0 aromatic heterocycles. The number of aryl methyl sites for hydroxylation is 2. The lowest BCUT2D eigenvalue weighted by molar-refractivity contribution is 0.284. The predicted octanol–water partition coefficient (Wildman–Crippen LogP) is 5.77. The van der Waals surface area contributed by atoms with Crippen LogP contribution in [0.4, 0.5) is 0 Å². The van der Waals surface area contributed by atoms with Crippen LogP contribution in [0.25, 0.3) is 32.7 Å². The second kappa shape index (κ2) is 5.77. The summed E-state index contributed by atoms with van der Waals surface area (Å²) in [5.74, 6) is 0. The third-order valence-electron chi connectivity index (χ3n) is 4.97. The van der Waals surface area contributed by atoms with Crippen LogP contribution in [-0.4, -0.2) is 5.11 Å². The highest BCUT2D eigenvalue weighted by atomic mass is 16.3. The molecule has 0 aliphatic heterocycles. The third-order valence-corrected chi connectivity index (χ3v) is 4.97. The molecule has 4 aromatic carbocycles. The Morgan fingerprint density at radius 3 is 2.17 bits per heavy atom. The molecular formula is C23H20O. The Labute approximate surface area is 142 Å². The van der Waals surface area contributed by atoms with Crippen molar-refractivity contribution in [3.8, 4) is 11.1 Å². The Hall–Kier alpha value is -2.64. The zero-order valence-electron chi connectivity index (χ0n) is 14.0. The highest BCUT2D eigenvalue weighted by molar-refractivity contribution is 5.97. The van der Waals surface area contributed by atoms with Gasteiger partial charge in [-0.2, -0.15) is 0 Å². The molecule has 0 aliphatic carbocycles. The van der Waals surface area contributed by atoms with Gasteiger partial charge in [-0.15, -0.1) is 0 Å². The van der Waals surface area contributed by atoms with E-state index in [2.05, 4.69) is 68.4 Å². The summed E-state index contributed by atoms with van der Waals surface area (Å²) < 4.78 is 0. The first-order chi connectivity index (χ1) is 11.7. The van der Waals surface area contributed by atoms with Gasteiger partial charge in [0.2, 0.25) is 0 Å². The molecule has 1 nitrogen and oxygen atoms in total. The molecule has 0 amide bonds. The Morgan fingerprint density at radius 2 is 1.42 bits per heavy atom. The highest BCUT2D eigenvalue weighted by Gasteiger charge is 2.14. The molecule has 118 valence electrons. The molecule has 0 atom stereocenters. The summed E-state index contributed by atoms with van der Waals surface area (Å²) in [7, 11) is 0. The van der Waals surface area contributed by atoms with E-state index in [9.17, 15) is 5.11 Å². The Balaban J connectivity index is 2.10. The Morgan fingerprint density at radius 1 is 0.750 bits per heavy atom. The second-order valence-corrected chi connectivity index (χ2v) is 6.39. The predicted molar refractivity (Wildman–Crippen MR) is 102 cm³/mol. The second-order valence-electron chi connectivity index (χ2n) is 6.39. The fourth-order valence-corrected chi connectivity index (χ4v) is 3.86. The summed E-state index contributed by atoms with van der Waals surface area (Å²) in [4.78, 5) is 0. The lowest BCUT2D eigenvalue weighted by atomic mass is 9.87. The lowest BCUT2D eigenvalue weighted by Crippen LogP contribution is -1.96. The normalized spacial score (nSPS) is 11.3. The first-order valence-corrected chi connectivity index (χ1v) is 8.31. The third kappa shape index (κ3) is 2.21. The van der Waals surface area contributed by atoms with Crippen molar-refractivity contribution in [3.63, 3.8) is 0 Å². The van der Waals surface area contributed by atoms with Crippen molar-refractivity contribution in [1.29, 1.82) is 0 Å². The minimum Gasteiger partial charge on any atom is -0.392 e. The number of hydrogen-bond acceptors (Lipinski definition) is 1. The van der Waals surface area contributed by atoms with Crippen molar-refractivity contribution in [2.45, 2.75) is 20.5 Å². The van der Waals surface area contributed by atoms with E-state index in [1.165, 1.54) is 32.8 Å². The van der Waals surface area contributed by atoms with Gasteiger partial charge in [0.05, 0.1) is 6.61 Å². The van der Waals surface area contributed by atoms with E-state index in [1.54, 1.807) is 0 Å². The van der Waals surface area contributed by atoms with Gasteiger partial charge in [-0.3, -0.25) is 0 Å². The van der Waals surface area contributed by atoms with Crippen molar-refractivity contribution in [3.05, 3.63) is 83.4 Å². The molecule has 1 N–H and O–H groups in total. The van der Waals surface area contributed by atoms with Crippen LogP contribution in [0.15, 0.2) is 66.7 Å². The summed E-state index contributed by atoms with van der Waals surface area (Å²) in [6.07, 6.45) is 0. The molecule has 0 unspecified atom stereocenters. The van der Waals surface area contributed by atoms with Crippen LogP contribution >= 0.6 is 0 Å². The van der Waals surface area contributed by atoms with Crippen LogP contribution in [0.1, 0.15) is 16.7 Å². The molecular weight excluding hydrogens is 292 g/mol. The maximum Gasteiger partial charge on any atom is 0.0693 e. The number of aliphatic hydroxyl groups excluding tert-OH is 1. The average Bonchev–Trinajstić information content (AvgIpc) is 2.61. The van der Waals surface area contributed by atoms with Crippen molar-refractivity contribution < 1.29 is 5.11 Å².